The van der Waals surface area contributed by atoms with Crippen LogP contribution in [0.25, 0.3) is 28.1 Å². The summed E-state index contributed by atoms with van der Waals surface area (Å²) in [6, 6.07) is 38.9. The molecule has 0 saturated carbocycles. The molecule has 0 amide bonds. The molecule has 0 aliphatic carbocycles. The molecule has 5 aromatic carbocycles. The second-order valence-electron chi connectivity index (χ2n) is 9.19. The van der Waals surface area contributed by atoms with Crippen molar-refractivity contribution in [2.24, 2.45) is 0 Å². The normalized spacial score (nSPS) is 13.8. The van der Waals surface area contributed by atoms with Crippen LogP contribution in [-0.4, -0.2) is 18.0 Å². The first-order chi connectivity index (χ1) is 18.5. The number of rotatable bonds is 4. The number of hydrogen-bond acceptors (Lipinski definition) is 4. The Hall–Kier alpha value is -4.25. The van der Waals surface area contributed by atoms with Gasteiger partial charge in [-0.05, 0) is 24.3 Å². The van der Waals surface area contributed by atoms with Gasteiger partial charge >= 0.3 is 0 Å². The average molecular weight is 533 g/mol. The number of aromatic nitrogens is 2. The summed E-state index contributed by atoms with van der Waals surface area (Å²) in [6.07, 6.45) is 0. The van der Waals surface area contributed by atoms with Gasteiger partial charge in [-0.1, -0.05) is 103 Å². The Bertz CT molecular complexity index is 1960. The number of nitrogens with zero attached hydrogens (tertiary/aromatic N) is 2. The van der Waals surface area contributed by atoms with Crippen LogP contribution < -0.4 is 15.9 Å². The third-order valence-corrected chi connectivity index (χ3v) is 12.0. The van der Waals surface area contributed by atoms with E-state index < -0.39 is 17.0 Å². The lowest BCUT2D eigenvalue weighted by Crippen LogP contribution is -2.24. The molecule has 0 fully saturated rings. The van der Waals surface area contributed by atoms with Crippen LogP contribution in [0.5, 0.6) is 0 Å². The van der Waals surface area contributed by atoms with Crippen LogP contribution in [0.4, 0.5) is 0 Å². The Morgan fingerprint density at radius 2 is 1.13 bits per heavy atom. The van der Waals surface area contributed by atoms with Crippen molar-refractivity contribution in [1.82, 2.24) is 9.55 Å². The second-order valence-corrected chi connectivity index (χ2v) is 13.8. The van der Waals surface area contributed by atoms with Crippen molar-refractivity contribution in [3.8, 4) is 17.1 Å². The SMILES string of the molecule is O=P(c1ccccc1)(c1ccccc1)c1ccc(-c2nc3cccc4c3n2-c2ccccc2S4(=O)=O)cc1. The summed E-state index contributed by atoms with van der Waals surface area (Å²) in [5.41, 5.74) is 2.56. The third kappa shape index (κ3) is 3.21. The zero-order valence-electron chi connectivity index (χ0n) is 20.1. The summed E-state index contributed by atoms with van der Waals surface area (Å²) in [4.78, 5) is 5.37. The lowest BCUT2D eigenvalue weighted by molar-refractivity contribution is 0.592. The van der Waals surface area contributed by atoms with Gasteiger partial charge in [0, 0.05) is 21.5 Å². The van der Waals surface area contributed by atoms with Crippen molar-refractivity contribution >= 4 is 43.9 Å². The highest BCUT2D eigenvalue weighted by Crippen LogP contribution is 2.44. The molecule has 0 spiro atoms. The Kier molecular flexibility index (Phi) is 5.05. The first-order valence-electron chi connectivity index (χ1n) is 12.2. The minimum Gasteiger partial charge on any atom is -0.309 e. The molecule has 2 heterocycles. The maximum absolute atomic E-state index is 14.7. The van der Waals surface area contributed by atoms with E-state index in [0.717, 1.165) is 21.5 Å². The van der Waals surface area contributed by atoms with Gasteiger partial charge in [0.25, 0.3) is 0 Å². The van der Waals surface area contributed by atoms with Gasteiger partial charge < -0.3 is 4.57 Å². The molecule has 5 nitrogen and oxygen atoms in total. The highest BCUT2D eigenvalue weighted by atomic mass is 32.2. The number of benzene rings is 5. The molecular weight excluding hydrogens is 511 g/mol. The number of imidazole rings is 1. The largest absolute Gasteiger partial charge is 0.309 e. The molecule has 0 saturated heterocycles. The van der Waals surface area contributed by atoms with E-state index in [1.807, 2.05) is 102 Å². The van der Waals surface area contributed by atoms with Crippen LogP contribution in [0.15, 0.2) is 137 Å². The minimum absolute atomic E-state index is 0.252. The summed E-state index contributed by atoms with van der Waals surface area (Å²) < 4.78 is 43.4. The molecule has 0 bridgehead atoms. The zero-order chi connectivity index (χ0) is 25.9. The van der Waals surface area contributed by atoms with Crippen molar-refractivity contribution in [1.29, 1.82) is 0 Å². The van der Waals surface area contributed by atoms with E-state index in [0.29, 0.717) is 22.5 Å². The predicted molar refractivity (Wildman–Crippen MR) is 151 cm³/mol. The molecule has 0 N–H and O–H groups in total. The number of sulfone groups is 1. The third-order valence-electron chi connectivity index (χ3n) is 7.05. The maximum atomic E-state index is 14.7. The van der Waals surface area contributed by atoms with Crippen LogP contribution >= 0.6 is 7.14 Å². The molecule has 38 heavy (non-hydrogen) atoms. The summed E-state index contributed by atoms with van der Waals surface area (Å²) in [5.74, 6) is 0.635. The van der Waals surface area contributed by atoms with Crippen molar-refractivity contribution < 1.29 is 13.0 Å². The molecule has 7 rings (SSSR count). The molecule has 0 unspecified atom stereocenters. The van der Waals surface area contributed by atoms with E-state index in [2.05, 4.69) is 0 Å². The Morgan fingerprint density at radius 1 is 0.579 bits per heavy atom. The number of hydrogen-bond donors (Lipinski definition) is 0. The molecule has 0 atom stereocenters. The molecule has 1 aliphatic heterocycles. The van der Waals surface area contributed by atoms with Gasteiger partial charge in [-0.2, -0.15) is 0 Å². The fourth-order valence-electron chi connectivity index (χ4n) is 5.27. The quantitative estimate of drug-likeness (QED) is 0.282. The van der Waals surface area contributed by atoms with Gasteiger partial charge in [-0.25, -0.2) is 13.4 Å². The molecule has 1 aliphatic rings. The monoisotopic (exact) mass is 532 g/mol. The second kappa shape index (κ2) is 8.38. The van der Waals surface area contributed by atoms with Crippen LogP contribution in [0.2, 0.25) is 0 Å². The summed E-state index contributed by atoms with van der Waals surface area (Å²) >= 11 is 0. The molecule has 7 heteroatoms. The van der Waals surface area contributed by atoms with E-state index in [4.69, 9.17) is 4.98 Å². The van der Waals surface area contributed by atoms with E-state index in [1.54, 1.807) is 30.3 Å². The maximum Gasteiger partial charge on any atom is 0.210 e. The molecule has 1 aromatic heterocycles. The highest BCUT2D eigenvalue weighted by Gasteiger charge is 2.34. The molecule has 0 radical (unpaired) electrons. The van der Waals surface area contributed by atoms with Crippen molar-refractivity contribution in [3.63, 3.8) is 0 Å². The fraction of sp³-hybridized carbons (Fsp3) is 0. The van der Waals surface area contributed by atoms with Gasteiger partial charge in [0.2, 0.25) is 9.84 Å². The number of fused-ring (bicyclic) bond motifs is 2. The van der Waals surface area contributed by atoms with Crippen LogP contribution in [0.1, 0.15) is 0 Å². The standard InChI is InChI=1S/C31H21N2O3PS/c34-37(23-10-3-1-4-11-23,24-12-5-2-6-13-24)25-20-18-22(19-21-25)31-32-26-14-9-17-29-30(26)33(31)27-15-7-8-16-28(27)38(29,35)36/h1-21H. The Balaban J connectivity index is 1.44. The highest BCUT2D eigenvalue weighted by molar-refractivity contribution is 7.92. The number of para-hydroxylation sites is 2. The summed E-state index contributed by atoms with van der Waals surface area (Å²) in [6.45, 7) is 0. The van der Waals surface area contributed by atoms with E-state index in [9.17, 15) is 13.0 Å². The van der Waals surface area contributed by atoms with E-state index in [-0.39, 0.29) is 9.79 Å². The molecule has 6 aromatic rings. The first-order valence-corrected chi connectivity index (χ1v) is 15.4. The fourth-order valence-corrected chi connectivity index (χ4v) is 9.56. The van der Waals surface area contributed by atoms with Crippen LogP contribution in [0, 0.1) is 0 Å². The van der Waals surface area contributed by atoms with Crippen LogP contribution in [0.3, 0.4) is 0 Å². The van der Waals surface area contributed by atoms with Crippen LogP contribution in [-0.2, 0) is 14.4 Å². The zero-order valence-corrected chi connectivity index (χ0v) is 21.8. The van der Waals surface area contributed by atoms with Gasteiger partial charge in [-0.3, -0.25) is 4.57 Å². The Morgan fingerprint density at radius 3 is 1.79 bits per heavy atom. The van der Waals surface area contributed by atoms with Crippen molar-refractivity contribution in [3.05, 3.63) is 127 Å². The predicted octanol–water partition coefficient (Wildman–Crippen LogP) is 5.48. The van der Waals surface area contributed by atoms with Gasteiger partial charge in [0.05, 0.1) is 26.5 Å². The van der Waals surface area contributed by atoms with Crippen molar-refractivity contribution in [2.45, 2.75) is 9.79 Å². The summed E-state index contributed by atoms with van der Waals surface area (Å²) in [5, 5.41) is 2.26. The minimum atomic E-state index is -3.66. The molecular formula is C31H21N2O3PS. The topological polar surface area (TPSA) is 69.0 Å². The first kappa shape index (κ1) is 22.9. The average Bonchev–Trinajstić information content (AvgIpc) is 3.37. The smallest absolute Gasteiger partial charge is 0.210 e. The molecule has 184 valence electrons. The van der Waals surface area contributed by atoms with Gasteiger partial charge in [0.1, 0.15) is 5.82 Å². The summed E-state index contributed by atoms with van der Waals surface area (Å²) in [7, 11) is -6.77. The van der Waals surface area contributed by atoms with Gasteiger partial charge in [0.15, 0.2) is 7.14 Å². The lowest BCUT2D eigenvalue weighted by Gasteiger charge is -2.21. The van der Waals surface area contributed by atoms with E-state index >= 15 is 0 Å². The lowest BCUT2D eigenvalue weighted by atomic mass is 10.2. The Labute approximate surface area is 220 Å². The van der Waals surface area contributed by atoms with E-state index in [1.165, 1.54) is 0 Å². The van der Waals surface area contributed by atoms with Crippen molar-refractivity contribution in [2.75, 3.05) is 0 Å². The van der Waals surface area contributed by atoms with Gasteiger partial charge in [-0.15, -0.1) is 0 Å².